The number of aldehydes is 1. The lowest BCUT2D eigenvalue weighted by Gasteiger charge is -2.17. The van der Waals surface area contributed by atoms with E-state index in [0.29, 0.717) is 5.56 Å². The van der Waals surface area contributed by atoms with Gasteiger partial charge in [-0.05, 0) is 6.07 Å². The van der Waals surface area contributed by atoms with Gasteiger partial charge in [-0.3, -0.25) is 14.2 Å². The van der Waals surface area contributed by atoms with Crippen LogP contribution in [0.25, 0.3) is 10.9 Å². The van der Waals surface area contributed by atoms with Crippen molar-refractivity contribution >= 4 is 23.1 Å². The first-order valence-electron chi connectivity index (χ1n) is 5.55. The zero-order valence-corrected chi connectivity index (χ0v) is 10.2. The highest BCUT2D eigenvalue weighted by molar-refractivity contribution is 6.03. The van der Waals surface area contributed by atoms with Gasteiger partial charge in [0.05, 0.1) is 5.52 Å². The van der Waals surface area contributed by atoms with Gasteiger partial charge in [-0.1, -0.05) is 39.0 Å². The van der Waals surface area contributed by atoms with Crippen molar-refractivity contribution < 1.29 is 9.59 Å². The fourth-order valence-electron chi connectivity index (χ4n) is 1.83. The van der Waals surface area contributed by atoms with Crippen molar-refractivity contribution in [3.63, 3.8) is 0 Å². The van der Waals surface area contributed by atoms with Crippen LogP contribution in [0.3, 0.4) is 0 Å². The fraction of sp³-hybridized carbons (Fsp3) is 0.286. The molecule has 0 fully saturated rings. The highest BCUT2D eigenvalue weighted by atomic mass is 16.2. The molecule has 0 atom stereocenters. The van der Waals surface area contributed by atoms with Crippen molar-refractivity contribution in [3.05, 3.63) is 36.0 Å². The second-order valence-electron chi connectivity index (χ2n) is 5.14. The quantitative estimate of drug-likeness (QED) is 0.705. The first-order chi connectivity index (χ1) is 7.95. The van der Waals surface area contributed by atoms with Crippen LogP contribution >= 0.6 is 0 Å². The molecule has 1 heterocycles. The van der Waals surface area contributed by atoms with Crippen LogP contribution in [0, 0.1) is 5.41 Å². The summed E-state index contributed by atoms with van der Waals surface area (Å²) in [5, 5.41) is 0.820. The number of aromatic nitrogens is 1. The molecule has 0 radical (unpaired) electrons. The fourth-order valence-corrected chi connectivity index (χ4v) is 1.83. The van der Waals surface area contributed by atoms with Gasteiger partial charge < -0.3 is 0 Å². The van der Waals surface area contributed by atoms with E-state index in [2.05, 4.69) is 0 Å². The lowest BCUT2D eigenvalue weighted by molar-refractivity contribution is 0.0772. The second kappa shape index (κ2) is 3.84. The maximum atomic E-state index is 12.3. The highest BCUT2D eigenvalue weighted by Gasteiger charge is 2.24. The van der Waals surface area contributed by atoms with Gasteiger partial charge in [0.15, 0.2) is 6.29 Å². The van der Waals surface area contributed by atoms with E-state index in [4.69, 9.17) is 0 Å². The van der Waals surface area contributed by atoms with E-state index in [1.807, 2.05) is 45.0 Å². The summed E-state index contributed by atoms with van der Waals surface area (Å²) >= 11 is 0. The largest absolute Gasteiger partial charge is 0.298 e. The number of para-hydroxylation sites is 1. The average molecular weight is 229 g/mol. The second-order valence-corrected chi connectivity index (χ2v) is 5.14. The average Bonchev–Trinajstić information content (AvgIpc) is 2.65. The van der Waals surface area contributed by atoms with Crippen LogP contribution in [-0.4, -0.2) is 16.8 Å². The number of benzene rings is 1. The number of nitrogens with zero attached hydrogens (tertiary/aromatic N) is 1. The molecule has 0 amide bonds. The molecule has 3 heteroatoms. The van der Waals surface area contributed by atoms with Gasteiger partial charge in [0.25, 0.3) is 0 Å². The van der Waals surface area contributed by atoms with Crippen molar-refractivity contribution in [1.29, 1.82) is 0 Å². The van der Waals surface area contributed by atoms with E-state index >= 15 is 0 Å². The summed E-state index contributed by atoms with van der Waals surface area (Å²) in [5.41, 5.74) is 0.870. The molecule has 0 aliphatic rings. The normalized spacial score (nSPS) is 11.7. The van der Waals surface area contributed by atoms with Crippen LogP contribution in [0.2, 0.25) is 0 Å². The zero-order chi connectivity index (χ0) is 12.6. The number of carbonyl (C=O) groups excluding carboxylic acids is 2. The molecule has 2 aromatic rings. The van der Waals surface area contributed by atoms with E-state index in [1.165, 1.54) is 0 Å². The molecule has 0 saturated heterocycles. The topological polar surface area (TPSA) is 39.1 Å². The van der Waals surface area contributed by atoms with Gasteiger partial charge >= 0.3 is 0 Å². The van der Waals surface area contributed by atoms with Gasteiger partial charge in [-0.2, -0.15) is 0 Å². The van der Waals surface area contributed by atoms with E-state index in [1.54, 1.807) is 10.8 Å². The van der Waals surface area contributed by atoms with E-state index in [0.717, 1.165) is 17.2 Å². The minimum Gasteiger partial charge on any atom is -0.298 e. The lowest BCUT2D eigenvalue weighted by atomic mass is 9.95. The molecule has 0 aliphatic heterocycles. The molecule has 2 rings (SSSR count). The Hall–Kier alpha value is -1.90. The molecular weight excluding hydrogens is 214 g/mol. The minimum atomic E-state index is -0.470. The maximum absolute atomic E-state index is 12.3. The summed E-state index contributed by atoms with van der Waals surface area (Å²) in [6.45, 7) is 5.60. The van der Waals surface area contributed by atoms with Crippen molar-refractivity contribution in [2.75, 3.05) is 0 Å². The summed E-state index contributed by atoms with van der Waals surface area (Å²) in [6.07, 6.45) is 2.40. The predicted molar refractivity (Wildman–Crippen MR) is 67.4 cm³/mol. The Morgan fingerprint density at radius 1 is 1.24 bits per heavy atom. The summed E-state index contributed by atoms with van der Waals surface area (Å²) in [6, 6.07) is 7.43. The predicted octanol–water partition coefficient (Wildman–Crippen LogP) is 3.14. The molecule has 0 aliphatic carbocycles. The summed E-state index contributed by atoms with van der Waals surface area (Å²) in [4.78, 5) is 23.2. The molecule has 17 heavy (non-hydrogen) atoms. The molecule has 0 unspecified atom stereocenters. The van der Waals surface area contributed by atoms with Gasteiger partial charge in [0.1, 0.15) is 0 Å². The molecule has 0 saturated carbocycles. The van der Waals surface area contributed by atoms with Crippen molar-refractivity contribution in [2.45, 2.75) is 20.8 Å². The Morgan fingerprint density at radius 3 is 2.47 bits per heavy atom. The number of rotatable bonds is 1. The molecule has 1 aromatic heterocycles. The van der Waals surface area contributed by atoms with Crippen LogP contribution in [0.15, 0.2) is 30.5 Å². The van der Waals surface area contributed by atoms with E-state index in [-0.39, 0.29) is 5.91 Å². The molecule has 1 aromatic carbocycles. The van der Waals surface area contributed by atoms with Crippen molar-refractivity contribution in [3.8, 4) is 0 Å². The Balaban J connectivity index is 2.71. The third kappa shape index (κ3) is 1.88. The SMILES string of the molecule is CC(C)(C)C(=O)n1cc(C=O)c2ccccc21. The Morgan fingerprint density at radius 2 is 1.88 bits per heavy atom. The first kappa shape index (κ1) is 11.6. The summed E-state index contributed by atoms with van der Waals surface area (Å²) < 4.78 is 1.57. The highest BCUT2D eigenvalue weighted by Crippen LogP contribution is 2.24. The van der Waals surface area contributed by atoms with Crippen LogP contribution < -0.4 is 0 Å². The minimum absolute atomic E-state index is 0.0122. The number of carbonyl (C=O) groups is 2. The number of hydrogen-bond donors (Lipinski definition) is 0. The van der Waals surface area contributed by atoms with Crippen molar-refractivity contribution in [2.24, 2.45) is 5.41 Å². The lowest BCUT2D eigenvalue weighted by Crippen LogP contribution is -2.26. The standard InChI is InChI=1S/C14H15NO2/c1-14(2,3)13(17)15-8-10(9-16)11-6-4-5-7-12(11)15/h4-9H,1-3H3. The Bertz CT molecular complexity index is 588. The zero-order valence-electron chi connectivity index (χ0n) is 10.2. The maximum Gasteiger partial charge on any atom is 0.236 e. The van der Waals surface area contributed by atoms with Gasteiger partial charge in [0, 0.05) is 22.6 Å². The first-order valence-corrected chi connectivity index (χ1v) is 5.55. The molecular formula is C14H15NO2. The smallest absolute Gasteiger partial charge is 0.236 e. The molecule has 88 valence electrons. The Kier molecular flexibility index (Phi) is 2.62. The van der Waals surface area contributed by atoms with E-state index < -0.39 is 5.41 Å². The van der Waals surface area contributed by atoms with Gasteiger partial charge in [0.2, 0.25) is 5.91 Å². The monoisotopic (exact) mass is 229 g/mol. The van der Waals surface area contributed by atoms with Crippen LogP contribution in [0.4, 0.5) is 0 Å². The molecule has 0 bridgehead atoms. The summed E-state index contributed by atoms with van der Waals surface area (Å²) in [7, 11) is 0. The van der Waals surface area contributed by atoms with Crippen LogP contribution in [0.1, 0.15) is 35.9 Å². The third-order valence-corrected chi connectivity index (χ3v) is 2.73. The van der Waals surface area contributed by atoms with E-state index in [9.17, 15) is 9.59 Å². The third-order valence-electron chi connectivity index (χ3n) is 2.73. The van der Waals surface area contributed by atoms with Crippen molar-refractivity contribution in [1.82, 2.24) is 4.57 Å². The number of fused-ring (bicyclic) bond motifs is 1. The van der Waals surface area contributed by atoms with Crippen LogP contribution in [0.5, 0.6) is 0 Å². The van der Waals surface area contributed by atoms with Crippen LogP contribution in [-0.2, 0) is 0 Å². The molecule has 0 spiro atoms. The molecule has 3 nitrogen and oxygen atoms in total. The summed E-state index contributed by atoms with van der Waals surface area (Å²) in [5.74, 6) is -0.0122. The van der Waals surface area contributed by atoms with Gasteiger partial charge in [-0.15, -0.1) is 0 Å². The Labute approximate surface area is 100 Å². The molecule has 0 N–H and O–H groups in total. The number of hydrogen-bond acceptors (Lipinski definition) is 2. The van der Waals surface area contributed by atoms with Gasteiger partial charge in [-0.25, -0.2) is 0 Å².